The summed E-state index contributed by atoms with van der Waals surface area (Å²) in [5.74, 6) is -1.71. The third-order valence-corrected chi connectivity index (χ3v) is 10.8. The van der Waals surface area contributed by atoms with Crippen LogP contribution in [0, 0.1) is 0 Å². The van der Waals surface area contributed by atoms with Crippen molar-refractivity contribution in [2.45, 2.75) is 50.9 Å². The van der Waals surface area contributed by atoms with Crippen LogP contribution in [0.3, 0.4) is 0 Å². The Kier molecular flexibility index (Phi) is 26.9. The minimum Gasteiger partial charge on any atom is -0.491 e. The molecular formula is C46H66Cl2N18O10. The van der Waals surface area contributed by atoms with Crippen LogP contribution in [0.4, 0.5) is 23.3 Å². The number of amides is 4. The molecule has 0 aliphatic carbocycles. The molecule has 0 spiro atoms. The molecule has 2 unspecified atom stereocenters. The van der Waals surface area contributed by atoms with Crippen molar-refractivity contribution in [1.82, 2.24) is 41.2 Å². The largest absolute Gasteiger partial charge is 0.491 e. The number of nitrogens with one attached hydrogen (secondary N) is 4. The zero-order chi connectivity index (χ0) is 55.2. The highest BCUT2D eigenvalue weighted by Crippen LogP contribution is 2.19. The van der Waals surface area contributed by atoms with E-state index >= 15 is 0 Å². The Morgan fingerprint density at radius 2 is 0.842 bits per heavy atom. The van der Waals surface area contributed by atoms with E-state index in [1.807, 2.05) is 0 Å². The molecule has 20 N–H and O–H groups in total. The monoisotopic (exact) mass is 1100 g/mol. The molecule has 4 aromatic rings. The summed E-state index contributed by atoms with van der Waals surface area (Å²) >= 11 is 11.6. The molecule has 76 heavy (non-hydrogen) atoms. The molecule has 0 saturated carbocycles. The number of guanidine groups is 2. The van der Waals surface area contributed by atoms with Crippen LogP contribution in [0.25, 0.3) is 0 Å². The third kappa shape index (κ3) is 23.0. The highest BCUT2D eigenvalue weighted by atomic mass is 35.5. The number of nitrogen functional groups attached to an aromatic ring is 4. The van der Waals surface area contributed by atoms with E-state index in [-0.39, 0.29) is 108 Å². The normalized spacial score (nSPS) is 12.4. The maximum absolute atomic E-state index is 12.4. The molecule has 0 radical (unpaired) electrons. The van der Waals surface area contributed by atoms with Crippen molar-refractivity contribution in [2.75, 3.05) is 102 Å². The molecule has 4 amide bonds. The van der Waals surface area contributed by atoms with Crippen molar-refractivity contribution in [2.24, 2.45) is 32.9 Å². The summed E-state index contributed by atoms with van der Waals surface area (Å²) < 4.78 is 33.5. The summed E-state index contributed by atoms with van der Waals surface area (Å²) in [5.41, 5.74) is 47.4. The summed E-state index contributed by atoms with van der Waals surface area (Å²) in [4.78, 5) is 73.0. The van der Waals surface area contributed by atoms with Gasteiger partial charge in [-0.3, -0.25) is 29.8 Å². The number of aliphatic imine (C=N–C) groups is 2. The number of aromatic nitrogens is 4. The second kappa shape index (κ2) is 33.5. The molecule has 2 aromatic carbocycles. The van der Waals surface area contributed by atoms with Crippen LogP contribution in [-0.2, 0) is 41.6 Å². The van der Waals surface area contributed by atoms with Crippen molar-refractivity contribution < 1.29 is 47.6 Å². The lowest BCUT2D eigenvalue weighted by Crippen LogP contribution is -2.42. The first-order chi connectivity index (χ1) is 36.5. The van der Waals surface area contributed by atoms with Crippen LogP contribution < -0.4 is 76.6 Å². The summed E-state index contributed by atoms with van der Waals surface area (Å²) in [6.45, 7) is 4.11. The maximum Gasteiger partial charge on any atom is 0.280 e. The van der Waals surface area contributed by atoms with E-state index < -0.39 is 23.9 Å². The van der Waals surface area contributed by atoms with E-state index in [1.165, 1.54) is 0 Å². The number of halogens is 2. The molecule has 2 heterocycles. The summed E-state index contributed by atoms with van der Waals surface area (Å²) in [6, 6.07) is 12.9. The molecule has 2 atom stereocenters. The molecule has 28 nitrogen and oxygen atoms in total. The first-order valence-corrected chi connectivity index (χ1v) is 24.5. The van der Waals surface area contributed by atoms with E-state index in [9.17, 15) is 19.2 Å². The molecule has 414 valence electrons. The number of nitrogens with zero attached hydrogens (tertiary/aromatic N) is 6. The van der Waals surface area contributed by atoms with E-state index in [4.69, 9.17) is 97.5 Å². The smallest absolute Gasteiger partial charge is 0.280 e. The fourth-order valence-corrected chi connectivity index (χ4v) is 6.46. The van der Waals surface area contributed by atoms with Crippen molar-refractivity contribution in [3.05, 3.63) is 81.4 Å². The first kappa shape index (κ1) is 61.1. The number of carbonyl (C=O) groups is 4. The first-order valence-electron chi connectivity index (χ1n) is 23.7. The van der Waals surface area contributed by atoms with Crippen LogP contribution in [0.2, 0.25) is 10.3 Å². The Hall–Kier alpha value is -7.44. The molecule has 4 rings (SSSR count). The number of hydrogen-bond acceptors (Lipinski definition) is 22. The Morgan fingerprint density at radius 3 is 1.21 bits per heavy atom. The average Bonchev–Trinajstić information content (AvgIpc) is 3.39. The lowest BCUT2D eigenvalue weighted by Gasteiger charge is -2.14. The number of rotatable bonds is 33. The van der Waals surface area contributed by atoms with Crippen LogP contribution in [0.5, 0.6) is 11.5 Å². The Labute approximate surface area is 448 Å². The number of anilines is 4. The number of ether oxygens (including phenoxy) is 6. The molecule has 0 aliphatic heterocycles. The van der Waals surface area contributed by atoms with E-state index in [2.05, 4.69) is 51.2 Å². The van der Waals surface area contributed by atoms with Crippen molar-refractivity contribution in [3.63, 3.8) is 0 Å². The molecule has 0 bridgehead atoms. The van der Waals surface area contributed by atoms with Gasteiger partial charge in [-0.2, -0.15) is 0 Å². The highest BCUT2D eigenvalue weighted by molar-refractivity contribution is 6.32. The maximum atomic E-state index is 12.4. The summed E-state index contributed by atoms with van der Waals surface area (Å²) in [5, 5.41) is 9.94. The summed E-state index contributed by atoms with van der Waals surface area (Å²) in [6.07, 6.45) is 2.12. The number of carbonyl (C=O) groups excluding carboxylic acids is 4. The predicted molar refractivity (Wildman–Crippen MR) is 285 cm³/mol. The molecule has 30 heteroatoms. The third-order valence-electron chi connectivity index (χ3n) is 10.2. The van der Waals surface area contributed by atoms with Gasteiger partial charge in [-0.15, -0.1) is 0 Å². The second-order valence-corrected chi connectivity index (χ2v) is 16.8. The van der Waals surface area contributed by atoms with Crippen LogP contribution in [0.1, 0.15) is 57.8 Å². The van der Waals surface area contributed by atoms with Gasteiger partial charge >= 0.3 is 0 Å². The number of hydrogen-bond donors (Lipinski definition) is 12. The average molecular weight is 1100 g/mol. The van der Waals surface area contributed by atoms with Gasteiger partial charge in [-0.1, -0.05) is 60.3 Å². The zero-order valence-corrected chi connectivity index (χ0v) is 43.2. The molecular weight excluding hydrogens is 1040 g/mol. The van der Waals surface area contributed by atoms with Gasteiger partial charge in [-0.25, -0.2) is 29.9 Å². The van der Waals surface area contributed by atoms with Gasteiger partial charge in [0.15, 0.2) is 56.9 Å². The second-order valence-electron chi connectivity index (χ2n) is 16.1. The molecule has 0 saturated heterocycles. The SMILES string of the molecule is NC(=NCc1ccc(OCCOCCOCCNC(=O)C(N)CCCCC(N)C(=O)NCCOCCOCCOc2ccc(CN=C(N)NC(=O)c3nc(Cl)c(N)nc3N)cc2)cc1)NC(=O)c1nc(Cl)c(N)nc1N. The van der Waals surface area contributed by atoms with Gasteiger partial charge in [0.2, 0.25) is 11.8 Å². The topological polar surface area (TPSA) is 456 Å². The Balaban J connectivity index is 0.902. The van der Waals surface area contributed by atoms with Gasteiger partial charge < -0.3 is 84.9 Å². The standard InChI is InChI=1S/C46H66Cl2N18O10/c47-35-39(53)63-37(51)33(61-35)43(69)65-45(55)59-25-27-5-9-29(10-6-27)75-23-21-73-19-17-71-15-13-57-41(67)31(49)3-1-2-4-32(50)42(68)58-14-16-72-18-20-74-22-24-76-30-11-7-28(8-12-30)26-60-46(56)66-44(70)34-38(52)64-40(54)36(48)62-34/h5-12,31-32H,1-4,13-26,49-50H2,(H,57,67)(H,58,68)(H4,51,53,63)(H4,52,54,64)(H3,55,59,65,69)(H3,56,60,66,70). The van der Waals surface area contributed by atoms with Crippen LogP contribution in [0.15, 0.2) is 58.5 Å². The van der Waals surface area contributed by atoms with Crippen molar-refractivity contribution >= 4 is 82.0 Å². The minimum atomic E-state index is -0.734. The fraction of sp³-hybridized carbons (Fsp3) is 0.435. The summed E-state index contributed by atoms with van der Waals surface area (Å²) in [7, 11) is 0. The quantitative estimate of drug-likeness (QED) is 0.0160. The lowest BCUT2D eigenvalue weighted by molar-refractivity contribution is -0.123. The number of nitrogens with two attached hydrogens (primary N) is 8. The van der Waals surface area contributed by atoms with Crippen molar-refractivity contribution in [1.29, 1.82) is 0 Å². The van der Waals surface area contributed by atoms with Crippen LogP contribution in [-0.4, -0.2) is 147 Å². The van der Waals surface area contributed by atoms with Crippen LogP contribution >= 0.6 is 23.2 Å². The van der Waals surface area contributed by atoms with Gasteiger partial charge in [0.25, 0.3) is 11.8 Å². The van der Waals surface area contributed by atoms with E-state index in [0.717, 1.165) is 11.1 Å². The van der Waals surface area contributed by atoms with Gasteiger partial charge in [0, 0.05) is 13.1 Å². The zero-order valence-electron chi connectivity index (χ0n) is 41.6. The minimum absolute atomic E-state index is 0.101. The number of benzene rings is 2. The molecule has 0 fully saturated rings. The fourth-order valence-electron chi connectivity index (χ4n) is 6.21. The molecule has 0 aliphatic rings. The van der Waals surface area contributed by atoms with Gasteiger partial charge in [0.05, 0.1) is 78.0 Å². The van der Waals surface area contributed by atoms with Crippen molar-refractivity contribution in [3.8, 4) is 11.5 Å². The van der Waals surface area contributed by atoms with Gasteiger partial charge in [-0.05, 0) is 48.2 Å². The molecule has 2 aromatic heterocycles. The Morgan fingerprint density at radius 1 is 0.500 bits per heavy atom. The predicted octanol–water partition coefficient (Wildman–Crippen LogP) is -0.637. The lowest BCUT2D eigenvalue weighted by atomic mass is 10.0. The Bertz CT molecular complexity index is 2380. The van der Waals surface area contributed by atoms with E-state index in [0.29, 0.717) is 90.0 Å². The number of unbranched alkanes of at least 4 members (excludes halogenated alkanes) is 1. The van der Waals surface area contributed by atoms with E-state index in [1.54, 1.807) is 48.5 Å². The van der Waals surface area contributed by atoms with Gasteiger partial charge in [0.1, 0.15) is 24.7 Å². The highest BCUT2D eigenvalue weighted by Gasteiger charge is 2.19.